The van der Waals surface area contributed by atoms with E-state index >= 15 is 0 Å². The lowest BCUT2D eigenvalue weighted by Crippen LogP contribution is -2.32. The molecule has 4 nitrogen and oxygen atoms in total. The van der Waals surface area contributed by atoms with Gasteiger partial charge in [0.1, 0.15) is 11.6 Å². The fourth-order valence-electron chi connectivity index (χ4n) is 3.65. The first-order chi connectivity index (χ1) is 14.6. The van der Waals surface area contributed by atoms with Crippen LogP contribution in [-0.4, -0.2) is 26.9 Å². The van der Waals surface area contributed by atoms with Crippen molar-refractivity contribution in [2.75, 3.05) is 6.54 Å². The number of hydrogen-bond donors (Lipinski definition) is 0. The maximum atomic E-state index is 14.1. The van der Waals surface area contributed by atoms with Gasteiger partial charge in [-0.15, -0.1) is 0 Å². The lowest BCUT2D eigenvalue weighted by molar-refractivity contribution is 0.0738. The van der Waals surface area contributed by atoms with Crippen LogP contribution in [0.4, 0.5) is 4.39 Å². The molecular formula is C25H24FN3O. The normalized spacial score (nSPS) is 11.0. The summed E-state index contributed by atoms with van der Waals surface area (Å²) in [5.74, 6) is 0.216. The molecule has 1 amide bonds. The van der Waals surface area contributed by atoms with Crippen LogP contribution in [0.25, 0.3) is 16.7 Å². The van der Waals surface area contributed by atoms with E-state index in [1.54, 1.807) is 24.0 Å². The largest absolute Gasteiger partial charge is 0.331 e. The van der Waals surface area contributed by atoms with Gasteiger partial charge in [-0.05, 0) is 55.3 Å². The van der Waals surface area contributed by atoms with E-state index in [9.17, 15) is 9.18 Å². The van der Waals surface area contributed by atoms with Crippen LogP contribution in [0.3, 0.4) is 0 Å². The van der Waals surface area contributed by atoms with Crippen LogP contribution >= 0.6 is 0 Å². The number of aromatic nitrogens is 2. The number of imidazole rings is 1. The monoisotopic (exact) mass is 401 g/mol. The highest BCUT2D eigenvalue weighted by atomic mass is 19.1. The van der Waals surface area contributed by atoms with Crippen LogP contribution in [0, 0.1) is 12.7 Å². The zero-order valence-electron chi connectivity index (χ0n) is 17.2. The van der Waals surface area contributed by atoms with E-state index < -0.39 is 0 Å². The maximum Gasteiger partial charge on any atom is 0.254 e. The van der Waals surface area contributed by atoms with Crippen LogP contribution in [0.5, 0.6) is 0 Å². The van der Waals surface area contributed by atoms with Crippen molar-refractivity contribution in [2.24, 2.45) is 0 Å². The Bertz CT molecular complexity index is 1180. The molecule has 5 heteroatoms. The molecular weight excluding hydrogens is 377 g/mol. The number of carbonyl (C=O) groups excluding carboxylic acids is 1. The molecule has 0 spiro atoms. The lowest BCUT2D eigenvalue weighted by atomic mass is 10.1. The number of nitrogens with zero attached hydrogens (tertiary/aromatic N) is 3. The van der Waals surface area contributed by atoms with E-state index in [-0.39, 0.29) is 11.7 Å². The SMILES string of the molecule is CCCN(Cc1nc2ccccc2n1-c1ccccc1)C(=O)c1ccc(C)c(F)c1. The minimum absolute atomic E-state index is 0.192. The summed E-state index contributed by atoms with van der Waals surface area (Å²) in [6.45, 7) is 4.61. The van der Waals surface area contributed by atoms with Crippen LogP contribution in [0.1, 0.15) is 35.1 Å². The lowest BCUT2D eigenvalue weighted by Gasteiger charge is -2.23. The average Bonchev–Trinajstić information content (AvgIpc) is 3.13. The Morgan fingerprint density at radius 3 is 2.50 bits per heavy atom. The second-order valence-corrected chi connectivity index (χ2v) is 7.38. The predicted molar refractivity (Wildman–Crippen MR) is 117 cm³/mol. The van der Waals surface area contributed by atoms with Gasteiger partial charge < -0.3 is 4.90 Å². The van der Waals surface area contributed by atoms with Crippen molar-refractivity contribution in [2.45, 2.75) is 26.8 Å². The van der Waals surface area contributed by atoms with Crippen molar-refractivity contribution >= 4 is 16.9 Å². The highest BCUT2D eigenvalue weighted by molar-refractivity contribution is 5.94. The molecule has 3 aromatic carbocycles. The minimum Gasteiger partial charge on any atom is -0.331 e. The van der Waals surface area contributed by atoms with Gasteiger partial charge in [0, 0.05) is 17.8 Å². The predicted octanol–water partition coefficient (Wildman–Crippen LogP) is 5.53. The van der Waals surface area contributed by atoms with Gasteiger partial charge in [-0.25, -0.2) is 9.37 Å². The molecule has 1 aromatic heterocycles. The summed E-state index contributed by atoms with van der Waals surface area (Å²) in [5.41, 5.74) is 3.74. The molecule has 4 aromatic rings. The third kappa shape index (κ3) is 3.83. The van der Waals surface area contributed by atoms with Gasteiger partial charge in [0.05, 0.1) is 17.6 Å². The number of rotatable bonds is 6. The van der Waals surface area contributed by atoms with E-state index in [4.69, 9.17) is 4.98 Å². The highest BCUT2D eigenvalue weighted by Crippen LogP contribution is 2.23. The molecule has 0 N–H and O–H groups in total. The molecule has 4 rings (SSSR count). The van der Waals surface area contributed by atoms with E-state index in [1.165, 1.54) is 6.07 Å². The van der Waals surface area contributed by atoms with Crippen LogP contribution in [-0.2, 0) is 6.54 Å². The van der Waals surface area contributed by atoms with Gasteiger partial charge >= 0.3 is 0 Å². The zero-order chi connectivity index (χ0) is 21.1. The zero-order valence-corrected chi connectivity index (χ0v) is 17.2. The summed E-state index contributed by atoms with van der Waals surface area (Å²) in [7, 11) is 0. The van der Waals surface area contributed by atoms with Crippen LogP contribution < -0.4 is 0 Å². The number of para-hydroxylation sites is 3. The molecule has 0 aliphatic rings. The summed E-state index contributed by atoms with van der Waals surface area (Å²) >= 11 is 0. The molecule has 0 aliphatic carbocycles. The Morgan fingerprint density at radius 1 is 1.03 bits per heavy atom. The number of benzene rings is 3. The van der Waals surface area contributed by atoms with E-state index in [0.717, 1.165) is 29.0 Å². The number of aryl methyl sites for hydroxylation is 1. The topological polar surface area (TPSA) is 38.1 Å². The van der Waals surface area contributed by atoms with Crippen molar-refractivity contribution in [1.29, 1.82) is 0 Å². The average molecular weight is 401 g/mol. The highest BCUT2D eigenvalue weighted by Gasteiger charge is 2.21. The van der Waals surface area contributed by atoms with Crippen molar-refractivity contribution in [3.63, 3.8) is 0 Å². The molecule has 152 valence electrons. The molecule has 0 bridgehead atoms. The number of halogens is 1. The Balaban J connectivity index is 1.75. The molecule has 0 atom stereocenters. The molecule has 0 fully saturated rings. The molecule has 30 heavy (non-hydrogen) atoms. The number of fused-ring (bicyclic) bond motifs is 1. The van der Waals surface area contributed by atoms with Crippen molar-refractivity contribution in [1.82, 2.24) is 14.5 Å². The Morgan fingerprint density at radius 2 is 1.77 bits per heavy atom. The van der Waals surface area contributed by atoms with E-state index in [2.05, 4.69) is 4.57 Å². The van der Waals surface area contributed by atoms with Gasteiger partial charge in [0.15, 0.2) is 0 Å². The van der Waals surface area contributed by atoms with Crippen molar-refractivity contribution in [3.05, 3.63) is 95.6 Å². The van der Waals surface area contributed by atoms with E-state index in [1.807, 2.05) is 61.5 Å². The van der Waals surface area contributed by atoms with Gasteiger partial charge in [-0.2, -0.15) is 0 Å². The third-order valence-electron chi connectivity index (χ3n) is 5.18. The minimum atomic E-state index is -0.367. The third-order valence-corrected chi connectivity index (χ3v) is 5.18. The molecule has 0 aliphatic heterocycles. The second-order valence-electron chi connectivity index (χ2n) is 7.38. The molecule has 0 saturated heterocycles. The van der Waals surface area contributed by atoms with Gasteiger partial charge in [-0.3, -0.25) is 9.36 Å². The summed E-state index contributed by atoms with van der Waals surface area (Å²) in [4.78, 5) is 19.7. The standard InChI is InChI=1S/C25H24FN3O/c1-3-15-28(25(30)19-14-13-18(2)21(26)16-19)17-24-27-22-11-7-8-12-23(22)29(24)20-9-5-4-6-10-20/h4-14,16H,3,15,17H2,1-2H3. The second kappa shape index (κ2) is 8.49. The van der Waals surface area contributed by atoms with Gasteiger partial charge in [-0.1, -0.05) is 43.3 Å². The molecule has 1 heterocycles. The van der Waals surface area contributed by atoms with Crippen LogP contribution in [0.2, 0.25) is 0 Å². The molecule has 0 unspecified atom stereocenters. The quantitative estimate of drug-likeness (QED) is 0.426. The summed E-state index contributed by atoms with van der Waals surface area (Å²) in [6, 6.07) is 22.6. The van der Waals surface area contributed by atoms with Gasteiger partial charge in [0.25, 0.3) is 5.91 Å². The maximum absolute atomic E-state index is 14.1. The Kier molecular flexibility index (Phi) is 5.61. The van der Waals surface area contributed by atoms with Crippen molar-refractivity contribution < 1.29 is 9.18 Å². The van der Waals surface area contributed by atoms with Gasteiger partial charge in [0.2, 0.25) is 0 Å². The Labute approximate surface area is 175 Å². The summed E-state index contributed by atoms with van der Waals surface area (Å²) < 4.78 is 16.1. The number of hydrogen-bond acceptors (Lipinski definition) is 2. The van der Waals surface area contributed by atoms with Crippen molar-refractivity contribution in [3.8, 4) is 5.69 Å². The molecule has 0 saturated carbocycles. The fourth-order valence-corrected chi connectivity index (χ4v) is 3.65. The summed E-state index contributed by atoms with van der Waals surface area (Å²) in [5, 5.41) is 0. The first kappa shape index (κ1) is 19.8. The number of carbonyl (C=O) groups is 1. The summed E-state index contributed by atoms with van der Waals surface area (Å²) in [6.07, 6.45) is 0.797. The smallest absolute Gasteiger partial charge is 0.254 e. The number of amides is 1. The Hall–Kier alpha value is -3.47. The first-order valence-corrected chi connectivity index (χ1v) is 10.2. The molecule has 0 radical (unpaired) electrons. The van der Waals surface area contributed by atoms with Crippen LogP contribution in [0.15, 0.2) is 72.8 Å². The fraction of sp³-hybridized carbons (Fsp3) is 0.200. The van der Waals surface area contributed by atoms with E-state index in [0.29, 0.717) is 24.2 Å². The first-order valence-electron chi connectivity index (χ1n) is 10.2.